The summed E-state index contributed by atoms with van der Waals surface area (Å²) in [6, 6.07) is 8.67. The molecule has 3 N–H and O–H groups in total. The molecule has 5 nitrogen and oxygen atoms in total. The predicted molar refractivity (Wildman–Crippen MR) is 78.3 cm³/mol. The van der Waals surface area contributed by atoms with Crippen molar-refractivity contribution in [3.8, 4) is 11.5 Å². The lowest BCUT2D eigenvalue weighted by Crippen LogP contribution is -2.13. The van der Waals surface area contributed by atoms with Crippen LogP contribution in [0, 0.1) is 5.82 Å². The van der Waals surface area contributed by atoms with E-state index in [1.807, 2.05) is 0 Å². The highest BCUT2D eigenvalue weighted by Gasteiger charge is 2.12. The Labute approximate surface area is 121 Å². The van der Waals surface area contributed by atoms with Gasteiger partial charge >= 0.3 is 0 Å². The Morgan fingerprint density at radius 3 is 2.57 bits per heavy atom. The van der Waals surface area contributed by atoms with Gasteiger partial charge in [0, 0.05) is 11.6 Å². The summed E-state index contributed by atoms with van der Waals surface area (Å²) < 4.78 is 23.7. The first-order valence-corrected chi connectivity index (χ1v) is 6.13. The van der Waals surface area contributed by atoms with Crippen LogP contribution in [-0.4, -0.2) is 20.1 Å². The van der Waals surface area contributed by atoms with Crippen molar-refractivity contribution < 1.29 is 18.7 Å². The van der Waals surface area contributed by atoms with Gasteiger partial charge in [-0.15, -0.1) is 0 Å². The molecule has 0 fully saturated rings. The molecule has 0 aliphatic rings. The minimum Gasteiger partial charge on any atom is -0.497 e. The molecule has 2 rings (SSSR count). The molecule has 0 aromatic heterocycles. The number of nitrogen functional groups attached to an aromatic ring is 1. The number of benzene rings is 2. The Kier molecular flexibility index (Phi) is 4.27. The minimum absolute atomic E-state index is 0.0372. The van der Waals surface area contributed by atoms with E-state index in [0.717, 1.165) is 0 Å². The van der Waals surface area contributed by atoms with Gasteiger partial charge in [-0.2, -0.15) is 0 Å². The number of nitrogens with two attached hydrogens (primary N) is 1. The summed E-state index contributed by atoms with van der Waals surface area (Å²) in [6.07, 6.45) is 0. The number of anilines is 2. The van der Waals surface area contributed by atoms with Crippen LogP contribution >= 0.6 is 0 Å². The minimum atomic E-state index is -0.549. The highest BCUT2D eigenvalue weighted by Crippen LogP contribution is 2.24. The topological polar surface area (TPSA) is 73.6 Å². The third kappa shape index (κ3) is 3.22. The third-order valence-corrected chi connectivity index (χ3v) is 2.92. The first kappa shape index (κ1) is 14.6. The summed E-state index contributed by atoms with van der Waals surface area (Å²) in [5, 5.41) is 2.48. The SMILES string of the molecule is COc1ccc(F)c(NC(=O)c2ccc(N)c(OC)c2)c1. The fourth-order valence-electron chi connectivity index (χ4n) is 1.77. The molecule has 110 valence electrons. The lowest BCUT2D eigenvalue weighted by Gasteiger charge is -2.10. The van der Waals surface area contributed by atoms with Crippen LogP contribution < -0.4 is 20.5 Å². The van der Waals surface area contributed by atoms with E-state index in [4.69, 9.17) is 15.2 Å². The van der Waals surface area contributed by atoms with Crippen LogP contribution in [0.4, 0.5) is 15.8 Å². The number of carbonyl (C=O) groups excluding carboxylic acids is 1. The molecule has 1 amide bonds. The van der Waals surface area contributed by atoms with Crippen molar-refractivity contribution in [3.05, 3.63) is 47.8 Å². The van der Waals surface area contributed by atoms with E-state index in [9.17, 15) is 9.18 Å². The molecule has 0 saturated carbocycles. The van der Waals surface area contributed by atoms with Crippen LogP contribution in [0.25, 0.3) is 0 Å². The van der Waals surface area contributed by atoms with Crippen molar-refractivity contribution >= 4 is 17.3 Å². The van der Waals surface area contributed by atoms with Crippen molar-refractivity contribution in [2.75, 3.05) is 25.3 Å². The van der Waals surface area contributed by atoms with E-state index in [1.54, 1.807) is 6.07 Å². The zero-order chi connectivity index (χ0) is 15.4. The Morgan fingerprint density at radius 2 is 1.90 bits per heavy atom. The number of hydrogen-bond acceptors (Lipinski definition) is 4. The second kappa shape index (κ2) is 6.13. The maximum atomic E-state index is 13.7. The number of rotatable bonds is 4. The van der Waals surface area contributed by atoms with Gasteiger partial charge in [-0.3, -0.25) is 4.79 Å². The fraction of sp³-hybridized carbons (Fsp3) is 0.133. The number of carbonyl (C=O) groups is 1. The van der Waals surface area contributed by atoms with Gasteiger partial charge in [0.25, 0.3) is 5.91 Å². The van der Waals surface area contributed by atoms with Gasteiger partial charge < -0.3 is 20.5 Å². The summed E-state index contributed by atoms with van der Waals surface area (Å²) in [7, 11) is 2.92. The van der Waals surface area contributed by atoms with Gasteiger partial charge in [-0.05, 0) is 30.3 Å². The average Bonchev–Trinajstić information content (AvgIpc) is 2.49. The Hall–Kier alpha value is -2.76. The van der Waals surface area contributed by atoms with Crippen LogP contribution in [0.15, 0.2) is 36.4 Å². The van der Waals surface area contributed by atoms with Gasteiger partial charge in [0.15, 0.2) is 0 Å². The smallest absolute Gasteiger partial charge is 0.255 e. The highest BCUT2D eigenvalue weighted by atomic mass is 19.1. The normalized spacial score (nSPS) is 10.0. The van der Waals surface area contributed by atoms with Crippen molar-refractivity contribution in [1.29, 1.82) is 0 Å². The standard InChI is InChI=1S/C15H15FN2O3/c1-20-10-4-5-11(16)13(8-10)18-15(19)9-3-6-12(17)14(7-9)21-2/h3-8H,17H2,1-2H3,(H,18,19). The van der Waals surface area contributed by atoms with Crippen molar-refractivity contribution in [2.24, 2.45) is 0 Å². The summed E-state index contributed by atoms with van der Waals surface area (Å²) >= 11 is 0. The fourth-order valence-corrected chi connectivity index (χ4v) is 1.77. The van der Waals surface area contributed by atoms with Crippen LogP contribution in [0.1, 0.15) is 10.4 Å². The Bertz CT molecular complexity index is 674. The lowest BCUT2D eigenvalue weighted by atomic mass is 10.1. The molecular formula is C15H15FN2O3. The number of hydrogen-bond donors (Lipinski definition) is 2. The first-order valence-electron chi connectivity index (χ1n) is 6.13. The predicted octanol–water partition coefficient (Wildman–Crippen LogP) is 2.68. The van der Waals surface area contributed by atoms with Crippen LogP contribution in [0.5, 0.6) is 11.5 Å². The largest absolute Gasteiger partial charge is 0.497 e. The molecule has 0 saturated heterocycles. The molecule has 2 aromatic carbocycles. The van der Waals surface area contributed by atoms with E-state index in [1.165, 1.54) is 44.6 Å². The maximum absolute atomic E-state index is 13.7. The number of amides is 1. The molecule has 0 spiro atoms. The van der Waals surface area contributed by atoms with Crippen molar-refractivity contribution in [2.45, 2.75) is 0 Å². The third-order valence-electron chi connectivity index (χ3n) is 2.92. The van der Waals surface area contributed by atoms with E-state index in [2.05, 4.69) is 5.32 Å². The van der Waals surface area contributed by atoms with Gasteiger partial charge in [0.2, 0.25) is 0 Å². The quantitative estimate of drug-likeness (QED) is 0.849. The number of halogens is 1. The van der Waals surface area contributed by atoms with E-state index in [-0.39, 0.29) is 5.69 Å². The summed E-state index contributed by atoms with van der Waals surface area (Å²) in [6.45, 7) is 0. The van der Waals surface area contributed by atoms with Crippen molar-refractivity contribution in [3.63, 3.8) is 0 Å². The molecule has 0 heterocycles. The molecular weight excluding hydrogens is 275 g/mol. The summed E-state index contributed by atoms with van der Waals surface area (Å²) in [5.41, 5.74) is 6.45. The molecule has 0 radical (unpaired) electrons. The molecule has 0 aliphatic heterocycles. The second-order valence-corrected chi connectivity index (χ2v) is 4.26. The Balaban J connectivity index is 2.25. The molecule has 6 heteroatoms. The highest BCUT2D eigenvalue weighted by molar-refractivity contribution is 6.05. The molecule has 0 bridgehead atoms. The zero-order valence-electron chi connectivity index (χ0n) is 11.6. The monoisotopic (exact) mass is 290 g/mol. The first-order chi connectivity index (χ1) is 10.0. The van der Waals surface area contributed by atoms with Crippen LogP contribution in [-0.2, 0) is 0 Å². The molecule has 0 unspecified atom stereocenters. The lowest BCUT2D eigenvalue weighted by molar-refractivity contribution is 0.102. The van der Waals surface area contributed by atoms with E-state index < -0.39 is 11.7 Å². The van der Waals surface area contributed by atoms with E-state index in [0.29, 0.717) is 22.7 Å². The molecule has 21 heavy (non-hydrogen) atoms. The van der Waals surface area contributed by atoms with Crippen molar-refractivity contribution in [1.82, 2.24) is 0 Å². The Morgan fingerprint density at radius 1 is 1.14 bits per heavy atom. The van der Waals surface area contributed by atoms with Gasteiger partial charge in [0.1, 0.15) is 17.3 Å². The number of methoxy groups -OCH3 is 2. The zero-order valence-corrected chi connectivity index (χ0v) is 11.6. The molecule has 0 aliphatic carbocycles. The summed E-state index contributed by atoms with van der Waals surface area (Å²) in [4.78, 5) is 12.1. The van der Waals surface area contributed by atoms with Crippen LogP contribution in [0.2, 0.25) is 0 Å². The van der Waals surface area contributed by atoms with E-state index >= 15 is 0 Å². The van der Waals surface area contributed by atoms with Crippen LogP contribution in [0.3, 0.4) is 0 Å². The van der Waals surface area contributed by atoms with Gasteiger partial charge in [-0.25, -0.2) is 4.39 Å². The summed E-state index contributed by atoms with van der Waals surface area (Å²) in [5.74, 6) is -0.192. The maximum Gasteiger partial charge on any atom is 0.255 e. The van der Waals surface area contributed by atoms with Gasteiger partial charge in [0.05, 0.1) is 25.6 Å². The number of nitrogens with one attached hydrogen (secondary N) is 1. The second-order valence-electron chi connectivity index (χ2n) is 4.26. The van der Waals surface area contributed by atoms with Gasteiger partial charge in [-0.1, -0.05) is 0 Å². The average molecular weight is 290 g/mol. The molecule has 0 atom stereocenters. The molecule has 2 aromatic rings. The number of ether oxygens (including phenoxy) is 2.